The molecule has 6 heteroatoms. The van der Waals surface area contributed by atoms with Gasteiger partial charge in [-0.2, -0.15) is 0 Å². The first-order valence-corrected chi connectivity index (χ1v) is 10.2. The second-order valence-electron chi connectivity index (χ2n) is 7.69. The monoisotopic (exact) mass is 409 g/mol. The van der Waals surface area contributed by atoms with Crippen molar-refractivity contribution in [2.75, 3.05) is 26.9 Å². The van der Waals surface area contributed by atoms with E-state index in [0.29, 0.717) is 19.8 Å². The summed E-state index contributed by atoms with van der Waals surface area (Å²) in [4.78, 5) is 11.7. The summed E-state index contributed by atoms with van der Waals surface area (Å²) in [5.41, 5.74) is 2.40. The number of esters is 1. The standard InChI is InChI=1S/C24H27NO5/c1-24(23(26)27-2)29-16-19(17-30-24)15-18-7-9-21(10-8-18)28-14-13-25-12-11-20-5-3-4-6-22(20)25/h3-12,19H,13-17H2,1-2H3. The van der Waals surface area contributed by atoms with Gasteiger partial charge in [0.2, 0.25) is 0 Å². The van der Waals surface area contributed by atoms with Crippen LogP contribution in [-0.2, 0) is 32.0 Å². The van der Waals surface area contributed by atoms with Crippen molar-refractivity contribution in [2.45, 2.75) is 25.7 Å². The lowest BCUT2D eigenvalue weighted by atomic mass is 9.99. The third-order valence-electron chi connectivity index (χ3n) is 5.47. The van der Waals surface area contributed by atoms with Crippen molar-refractivity contribution in [1.29, 1.82) is 0 Å². The van der Waals surface area contributed by atoms with Crippen LogP contribution in [0.1, 0.15) is 12.5 Å². The Labute approximate surface area is 176 Å². The predicted molar refractivity (Wildman–Crippen MR) is 113 cm³/mol. The van der Waals surface area contributed by atoms with E-state index in [9.17, 15) is 4.79 Å². The van der Waals surface area contributed by atoms with E-state index in [4.69, 9.17) is 18.9 Å². The Morgan fingerprint density at radius 3 is 2.57 bits per heavy atom. The van der Waals surface area contributed by atoms with Gasteiger partial charge in [-0.25, -0.2) is 4.79 Å². The zero-order valence-corrected chi connectivity index (χ0v) is 17.4. The largest absolute Gasteiger partial charge is 0.492 e. The fraction of sp³-hybridized carbons (Fsp3) is 0.375. The van der Waals surface area contributed by atoms with Gasteiger partial charge in [0.15, 0.2) is 0 Å². The zero-order valence-electron chi connectivity index (χ0n) is 17.4. The molecule has 30 heavy (non-hydrogen) atoms. The normalized spacial score (nSPS) is 21.5. The van der Waals surface area contributed by atoms with E-state index in [1.54, 1.807) is 6.92 Å². The molecular weight excluding hydrogens is 382 g/mol. The van der Waals surface area contributed by atoms with Gasteiger partial charge in [-0.05, 0) is 41.6 Å². The summed E-state index contributed by atoms with van der Waals surface area (Å²) in [6.45, 7) is 3.90. The number of benzene rings is 2. The molecule has 1 aliphatic rings. The van der Waals surface area contributed by atoms with Crippen LogP contribution in [0.5, 0.6) is 5.75 Å². The molecule has 1 saturated heterocycles. The highest BCUT2D eigenvalue weighted by molar-refractivity contribution is 5.79. The van der Waals surface area contributed by atoms with Crippen LogP contribution >= 0.6 is 0 Å². The maximum Gasteiger partial charge on any atom is 0.366 e. The molecule has 1 fully saturated rings. The number of fused-ring (bicyclic) bond motifs is 1. The minimum Gasteiger partial charge on any atom is -0.492 e. The van der Waals surface area contributed by atoms with E-state index >= 15 is 0 Å². The van der Waals surface area contributed by atoms with Gasteiger partial charge in [-0.1, -0.05) is 30.3 Å². The topological polar surface area (TPSA) is 58.9 Å². The SMILES string of the molecule is COC(=O)C1(C)OCC(Cc2ccc(OCCn3ccc4ccccc43)cc2)CO1. The molecule has 1 aromatic heterocycles. The van der Waals surface area contributed by atoms with Crippen LogP contribution in [0.4, 0.5) is 0 Å². The molecular formula is C24H27NO5. The molecule has 0 saturated carbocycles. The lowest BCUT2D eigenvalue weighted by Gasteiger charge is -2.35. The van der Waals surface area contributed by atoms with Crippen molar-refractivity contribution in [3.05, 3.63) is 66.4 Å². The number of hydrogen-bond donors (Lipinski definition) is 0. The van der Waals surface area contributed by atoms with Crippen molar-refractivity contribution in [3.8, 4) is 5.75 Å². The summed E-state index contributed by atoms with van der Waals surface area (Å²) >= 11 is 0. The van der Waals surface area contributed by atoms with Gasteiger partial charge in [0.1, 0.15) is 12.4 Å². The second-order valence-corrected chi connectivity index (χ2v) is 7.69. The molecule has 2 heterocycles. The number of hydrogen-bond acceptors (Lipinski definition) is 5. The van der Waals surface area contributed by atoms with E-state index in [0.717, 1.165) is 18.7 Å². The molecule has 3 aromatic rings. The Morgan fingerprint density at radius 2 is 1.83 bits per heavy atom. The summed E-state index contributed by atoms with van der Waals surface area (Å²) in [7, 11) is 1.33. The fourth-order valence-electron chi connectivity index (χ4n) is 3.72. The summed E-state index contributed by atoms with van der Waals surface area (Å²) in [5, 5.41) is 1.24. The van der Waals surface area contributed by atoms with Gasteiger partial charge in [-0.3, -0.25) is 0 Å². The lowest BCUT2D eigenvalue weighted by Crippen LogP contribution is -2.48. The molecule has 6 nitrogen and oxygen atoms in total. The number of carbonyl (C=O) groups excluding carboxylic acids is 1. The summed E-state index contributed by atoms with van der Waals surface area (Å²) in [6, 6.07) is 18.6. The smallest absolute Gasteiger partial charge is 0.366 e. The van der Waals surface area contributed by atoms with Crippen LogP contribution in [0.25, 0.3) is 10.9 Å². The maximum atomic E-state index is 11.7. The summed E-state index contributed by atoms with van der Waals surface area (Å²) in [6.07, 6.45) is 2.91. The maximum absolute atomic E-state index is 11.7. The zero-order chi connectivity index (χ0) is 21.0. The van der Waals surface area contributed by atoms with E-state index < -0.39 is 11.8 Å². The number of nitrogens with zero attached hydrogens (tertiary/aromatic N) is 1. The molecule has 158 valence electrons. The molecule has 0 atom stereocenters. The van der Waals surface area contributed by atoms with E-state index in [-0.39, 0.29) is 5.92 Å². The van der Waals surface area contributed by atoms with Crippen LogP contribution in [0.3, 0.4) is 0 Å². The number of para-hydroxylation sites is 1. The van der Waals surface area contributed by atoms with Crippen LogP contribution in [0.2, 0.25) is 0 Å². The third kappa shape index (κ3) is 4.50. The van der Waals surface area contributed by atoms with Crippen LogP contribution in [-0.4, -0.2) is 43.3 Å². The quantitative estimate of drug-likeness (QED) is 0.556. The number of aromatic nitrogens is 1. The van der Waals surface area contributed by atoms with Gasteiger partial charge in [0.25, 0.3) is 5.79 Å². The molecule has 0 amide bonds. The van der Waals surface area contributed by atoms with Crippen LogP contribution in [0.15, 0.2) is 60.8 Å². The van der Waals surface area contributed by atoms with Gasteiger partial charge in [-0.15, -0.1) is 0 Å². The first-order chi connectivity index (χ1) is 14.6. The first-order valence-electron chi connectivity index (χ1n) is 10.2. The lowest BCUT2D eigenvalue weighted by molar-refractivity contribution is -0.272. The number of carbonyl (C=O) groups is 1. The highest BCUT2D eigenvalue weighted by Crippen LogP contribution is 2.25. The van der Waals surface area contributed by atoms with Crippen molar-refractivity contribution < 1.29 is 23.7 Å². The Kier molecular flexibility index (Phi) is 6.06. The molecule has 2 aromatic carbocycles. The first kappa shape index (κ1) is 20.4. The molecule has 0 radical (unpaired) electrons. The molecule has 0 aliphatic carbocycles. The fourth-order valence-corrected chi connectivity index (χ4v) is 3.72. The average molecular weight is 409 g/mol. The van der Waals surface area contributed by atoms with Crippen LogP contribution < -0.4 is 4.74 Å². The van der Waals surface area contributed by atoms with E-state index in [1.165, 1.54) is 23.6 Å². The molecule has 0 N–H and O–H groups in total. The number of methoxy groups -OCH3 is 1. The Hall–Kier alpha value is -2.83. The molecule has 1 aliphatic heterocycles. The summed E-state index contributed by atoms with van der Waals surface area (Å²) in [5.74, 6) is -0.759. The van der Waals surface area contributed by atoms with Crippen molar-refractivity contribution >= 4 is 16.9 Å². The Morgan fingerprint density at radius 1 is 1.10 bits per heavy atom. The predicted octanol–water partition coefficient (Wildman–Crippen LogP) is 3.82. The molecule has 0 bridgehead atoms. The number of rotatable bonds is 7. The van der Waals surface area contributed by atoms with E-state index in [2.05, 4.69) is 47.2 Å². The van der Waals surface area contributed by atoms with Gasteiger partial charge in [0.05, 0.1) is 26.9 Å². The number of ether oxygens (including phenoxy) is 4. The third-order valence-corrected chi connectivity index (χ3v) is 5.47. The van der Waals surface area contributed by atoms with Gasteiger partial charge < -0.3 is 23.5 Å². The van der Waals surface area contributed by atoms with Crippen LogP contribution in [0, 0.1) is 5.92 Å². The highest BCUT2D eigenvalue weighted by Gasteiger charge is 2.41. The Balaban J connectivity index is 1.25. The van der Waals surface area contributed by atoms with Crippen molar-refractivity contribution in [2.24, 2.45) is 5.92 Å². The van der Waals surface area contributed by atoms with Crippen molar-refractivity contribution in [1.82, 2.24) is 4.57 Å². The average Bonchev–Trinajstić information content (AvgIpc) is 3.19. The van der Waals surface area contributed by atoms with Gasteiger partial charge in [0, 0.05) is 24.6 Å². The molecule has 0 unspecified atom stereocenters. The second kappa shape index (κ2) is 8.90. The van der Waals surface area contributed by atoms with Gasteiger partial charge >= 0.3 is 5.97 Å². The van der Waals surface area contributed by atoms with Crippen molar-refractivity contribution in [3.63, 3.8) is 0 Å². The highest BCUT2D eigenvalue weighted by atomic mass is 16.7. The molecule has 4 rings (SSSR count). The Bertz CT molecular complexity index is 986. The summed E-state index contributed by atoms with van der Waals surface area (Å²) < 4.78 is 24.1. The molecule has 0 spiro atoms. The van der Waals surface area contributed by atoms with E-state index in [1.807, 2.05) is 18.2 Å². The minimum atomic E-state index is -1.30. The minimum absolute atomic E-state index is 0.191.